The number of nitrogens with one attached hydrogen (secondary N) is 2. The number of Topliss-reactive ketones (excluding diaryl/α,β-unsaturated/α-hetero) is 2. The summed E-state index contributed by atoms with van der Waals surface area (Å²) in [6.45, 7) is 6.80. The summed E-state index contributed by atoms with van der Waals surface area (Å²) >= 11 is 5.83. The topological polar surface area (TPSA) is 82.3 Å². The minimum atomic E-state index is -0.530. The van der Waals surface area contributed by atoms with Gasteiger partial charge < -0.3 is 10.3 Å². The zero-order valence-corrected chi connectivity index (χ0v) is 16.9. The number of H-pyrrole nitrogens is 1. The molecule has 2 N–H and O–H groups in total. The second-order valence-corrected chi connectivity index (χ2v) is 7.13. The number of likely N-dealkylation sites (N-methyl/N-ethyl adjacent to an activating group) is 1. The van der Waals surface area contributed by atoms with Crippen molar-refractivity contribution in [1.82, 2.24) is 9.88 Å². The summed E-state index contributed by atoms with van der Waals surface area (Å²) < 4.78 is 0. The van der Waals surface area contributed by atoms with Crippen molar-refractivity contribution in [3.63, 3.8) is 0 Å². The second kappa shape index (κ2) is 8.50. The summed E-state index contributed by atoms with van der Waals surface area (Å²) in [6, 6.07) is 6.27. The van der Waals surface area contributed by atoms with Gasteiger partial charge in [-0.05, 0) is 64.6 Å². The lowest BCUT2D eigenvalue weighted by Crippen LogP contribution is -2.41. The first-order valence-corrected chi connectivity index (χ1v) is 8.99. The molecule has 1 atom stereocenters. The molecule has 0 radical (unpaired) electrons. The Balaban J connectivity index is 2.06. The van der Waals surface area contributed by atoms with Gasteiger partial charge in [0.25, 0.3) is 0 Å². The molecular formula is C20H24ClN3O3. The molecule has 2 aromatic rings. The summed E-state index contributed by atoms with van der Waals surface area (Å²) in [5.74, 6) is -0.475. The van der Waals surface area contributed by atoms with Crippen molar-refractivity contribution in [3.05, 3.63) is 51.8 Å². The average Bonchev–Trinajstić information content (AvgIpc) is 2.90. The average molecular weight is 390 g/mol. The van der Waals surface area contributed by atoms with E-state index in [1.807, 2.05) is 0 Å². The number of carbonyl (C=O) groups excluding carboxylic acids is 3. The van der Waals surface area contributed by atoms with Gasteiger partial charge in [0.05, 0.1) is 18.3 Å². The van der Waals surface area contributed by atoms with Gasteiger partial charge in [-0.3, -0.25) is 19.3 Å². The van der Waals surface area contributed by atoms with Crippen LogP contribution >= 0.6 is 11.6 Å². The fourth-order valence-electron chi connectivity index (χ4n) is 3.03. The molecule has 0 aliphatic carbocycles. The molecule has 0 unspecified atom stereocenters. The molecule has 0 spiro atoms. The van der Waals surface area contributed by atoms with Gasteiger partial charge >= 0.3 is 0 Å². The minimum absolute atomic E-state index is 0.0494. The van der Waals surface area contributed by atoms with Crippen molar-refractivity contribution < 1.29 is 14.4 Å². The van der Waals surface area contributed by atoms with E-state index >= 15 is 0 Å². The SMILES string of the molecule is CC(=O)c1c(C)[nH]c(C(=O)[C@H](C)N(C)CC(=O)Nc2ccc(Cl)cc2)c1C. The van der Waals surface area contributed by atoms with Crippen molar-refractivity contribution in [1.29, 1.82) is 0 Å². The molecule has 0 fully saturated rings. The van der Waals surface area contributed by atoms with E-state index in [-0.39, 0.29) is 24.0 Å². The smallest absolute Gasteiger partial charge is 0.238 e. The van der Waals surface area contributed by atoms with Gasteiger partial charge in [0.1, 0.15) is 0 Å². The van der Waals surface area contributed by atoms with Gasteiger partial charge in [0, 0.05) is 22.0 Å². The van der Waals surface area contributed by atoms with E-state index in [1.165, 1.54) is 6.92 Å². The molecule has 0 aliphatic heterocycles. The van der Waals surface area contributed by atoms with Gasteiger partial charge in [-0.2, -0.15) is 0 Å². The van der Waals surface area contributed by atoms with E-state index in [0.29, 0.717) is 33.2 Å². The molecule has 144 valence electrons. The number of aromatic nitrogens is 1. The van der Waals surface area contributed by atoms with E-state index in [0.717, 1.165) is 0 Å². The highest BCUT2D eigenvalue weighted by Crippen LogP contribution is 2.21. The summed E-state index contributed by atoms with van der Waals surface area (Å²) in [5.41, 5.74) is 2.93. The molecule has 0 bridgehead atoms. The van der Waals surface area contributed by atoms with E-state index in [4.69, 9.17) is 11.6 Å². The van der Waals surface area contributed by atoms with Crippen molar-refractivity contribution in [3.8, 4) is 0 Å². The van der Waals surface area contributed by atoms with Crippen LogP contribution in [-0.4, -0.2) is 47.0 Å². The molecule has 27 heavy (non-hydrogen) atoms. The second-order valence-electron chi connectivity index (χ2n) is 6.69. The Morgan fingerprint density at radius 1 is 1.19 bits per heavy atom. The third-order valence-corrected chi connectivity index (χ3v) is 4.85. The number of halogens is 1. The van der Waals surface area contributed by atoms with E-state index in [1.54, 1.807) is 57.0 Å². The molecule has 1 heterocycles. The number of hydrogen-bond acceptors (Lipinski definition) is 4. The fraction of sp³-hybridized carbons (Fsp3) is 0.350. The zero-order chi connectivity index (χ0) is 20.3. The standard InChI is InChI=1S/C20H24ClN3O3/c1-11-18(14(4)25)12(2)22-19(11)20(27)13(3)24(5)10-17(26)23-16-8-6-15(21)7-9-16/h6-9,13,22H,10H2,1-5H3,(H,23,26)/t13-/m0/s1. The van der Waals surface area contributed by atoms with Crippen LogP contribution in [0.1, 0.15) is 46.0 Å². The zero-order valence-electron chi connectivity index (χ0n) is 16.1. The Kier molecular flexibility index (Phi) is 6.57. The highest BCUT2D eigenvalue weighted by atomic mass is 35.5. The Bertz CT molecular complexity index is 871. The number of rotatable bonds is 7. The Labute approximate surface area is 163 Å². The predicted molar refractivity (Wildman–Crippen MR) is 107 cm³/mol. The molecule has 1 aromatic carbocycles. The minimum Gasteiger partial charge on any atom is -0.355 e. The largest absolute Gasteiger partial charge is 0.355 e. The van der Waals surface area contributed by atoms with Crippen LogP contribution in [0.2, 0.25) is 5.02 Å². The van der Waals surface area contributed by atoms with Crippen molar-refractivity contribution in [2.24, 2.45) is 0 Å². The highest BCUT2D eigenvalue weighted by Gasteiger charge is 2.26. The molecular weight excluding hydrogens is 366 g/mol. The van der Waals surface area contributed by atoms with Crippen molar-refractivity contribution >= 4 is 34.8 Å². The third-order valence-electron chi connectivity index (χ3n) is 4.60. The molecule has 1 aromatic heterocycles. The maximum Gasteiger partial charge on any atom is 0.238 e. The molecule has 0 saturated heterocycles. The lowest BCUT2D eigenvalue weighted by Gasteiger charge is -2.23. The molecule has 6 nitrogen and oxygen atoms in total. The first kappa shape index (κ1) is 20.9. The third kappa shape index (κ3) is 4.84. The summed E-state index contributed by atoms with van der Waals surface area (Å²) in [6.07, 6.45) is 0. The van der Waals surface area contributed by atoms with Crippen LogP contribution in [0, 0.1) is 13.8 Å². The van der Waals surface area contributed by atoms with Crippen LogP contribution in [0.25, 0.3) is 0 Å². The Morgan fingerprint density at radius 2 is 1.78 bits per heavy atom. The molecule has 0 saturated carbocycles. The number of ketones is 2. The Morgan fingerprint density at radius 3 is 2.30 bits per heavy atom. The lowest BCUT2D eigenvalue weighted by molar-refractivity contribution is -0.117. The van der Waals surface area contributed by atoms with Crippen LogP contribution in [0.4, 0.5) is 5.69 Å². The maximum atomic E-state index is 12.8. The predicted octanol–water partition coefficient (Wildman–Crippen LogP) is 3.63. The van der Waals surface area contributed by atoms with Gasteiger partial charge in [0.15, 0.2) is 11.6 Å². The molecule has 0 aliphatic rings. The highest BCUT2D eigenvalue weighted by molar-refractivity contribution is 6.30. The normalized spacial score (nSPS) is 12.1. The summed E-state index contributed by atoms with van der Waals surface area (Å²) in [7, 11) is 1.71. The van der Waals surface area contributed by atoms with E-state index < -0.39 is 6.04 Å². The number of benzene rings is 1. The molecule has 1 amide bonds. The van der Waals surface area contributed by atoms with Gasteiger partial charge in [-0.25, -0.2) is 0 Å². The van der Waals surface area contributed by atoms with E-state index in [2.05, 4.69) is 10.3 Å². The molecule has 2 rings (SSSR count). The monoisotopic (exact) mass is 389 g/mol. The summed E-state index contributed by atoms with van der Waals surface area (Å²) in [4.78, 5) is 41.5. The lowest BCUT2D eigenvalue weighted by atomic mass is 10.0. The first-order valence-electron chi connectivity index (χ1n) is 8.61. The van der Waals surface area contributed by atoms with Gasteiger partial charge in [-0.15, -0.1) is 0 Å². The number of aromatic amines is 1. The van der Waals surface area contributed by atoms with Crippen LogP contribution in [0.3, 0.4) is 0 Å². The van der Waals surface area contributed by atoms with Gasteiger partial charge in [0.2, 0.25) is 5.91 Å². The van der Waals surface area contributed by atoms with Gasteiger partial charge in [-0.1, -0.05) is 11.6 Å². The quantitative estimate of drug-likeness (QED) is 0.708. The van der Waals surface area contributed by atoms with Crippen molar-refractivity contribution in [2.45, 2.75) is 33.7 Å². The van der Waals surface area contributed by atoms with Crippen LogP contribution in [0.15, 0.2) is 24.3 Å². The van der Waals surface area contributed by atoms with Crippen LogP contribution in [-0.2, 0) is 4.79 Å². The van der Waals surface area contributed by atoms with Crippen LogP contribution in [0.5, 0.6) is 0 Å². The molecule has 7 heteroatoms. The van der Waals surface area contributed by atoms with E-state index in [9.17, 15) is 14.4 Å². The van der Waals surface area contributed by atoms with Crippen molar-refractivity contribution in [2.75, 3.05) is 18.9 Å². The maximum absolute atomic E-state index is 12.8. The van der Waals surface area contributed by atoms with Crippen LogP contribution < -0.4 is 5.32 Å². The number of nitrogens with zero attached hydrogens (tertiary/aromatic N) is 1. The number of hydrogen-bond donors (Lipinski definition) is 2. The number of amides is 1. The number of aryl methyl sites for hydroxylation is 1. The number of carbonyl (C=O) groups is 3. The summed E-state index contributed by atoms with van der Waals surface area (Å²) in [5, 5.41) is 3.36. The number of anilines is 1. The Hall–Kier alpha value is -2.44. The fourth-order valence-corrected chi connectivity index (χ4v) is 3.16. The first-order chi connectivity index (χ1) is 12.6.